The van der Waals surface area contributed by atoms with Crippen LogP contribution in [0.3, 0.4) is 0 Å². The molecule has 1 unspecified atom stereocenters. The number of hydrogen-bond acceptors (Lipinski definition) is 5. The lowest BCUT2D eigenvalue weighted by atomic mass is 10.2. The lowest BCUT2D eigenvalue weighted by Gasteiger charge is -2.18. The summed E-state index contributed by atoms with van der Waals surface area (Å²) in [5.41, 5.74) is -1.04. The molecule has 0 aliphatic heterocycles. The quantitative estimate of drug-likeness (QED) is 0.249. The highest BCUT2D eigenvalue weighted by Gasteiger charge is 2.31. The zero-order chi connectivity index (χ0) is 25.8. The fourth-order valence-corrected chi connectivity index (χ4v) is 4.05. The highest BCUT2D eigenvalue weighted by atomic mass is 35.5. The van der Waals surface area contributed by atoms with E-state index in [1.165, 1.54) is 24.3 Å². The minimum atomic E-state index is -4.56. The molecule has 1 amide bonds. The van der Waals surface area contributed by atoms with Crippen molar-refractivity contribution in [3.63, 3.8) is 0 Å². The van der Waals surface area contributed by atoms with Crippen LogP contribution in [0, 0.1) is 11.7 Å². The van der Waals surface area contributed by atoms with Crippen molar-refractivity contribution in [2.24, 2.45) is 5.92 Å². The Labute approximate surface area is 209 Å². The molecule has 0 spiro atoms. The maximum absolute atomic E-state index is 13.2. The third-order valence-corrected chi connectivity index (χ3v) is 5.98. The zero-order valence-electron chi connectivity index (χ0n) is 19.1. The Morgan fingerprint density at radius 2 is 1.83 bits per heavy atom. The fraction of sp³-hybridized carbons (Fsp3) is 0.348. The molecular weight excluding hydrogens is 508 g/mol. The third kappa shape index (κ3) is 7.35. The number of rotatable bonds is 9. The topological polar surface area (TPSA) is 69.0 Å². The number of amides is 1. The van der Waals surface area contributed by atoms with E-state index in [2.05, 4.69) is 15.5 Å². The van der Waals surface area contributed by atoms with Crippen molar-refractivity contribution in [3.8, 4) is 5.75 Å². The number of ether oxygens (including phenoxy) is 1. The number of anilines is 1. The van der Waals surface area contributed by atoms with E-state index in [1.807, 2.05) is 18.4 Å². The van der Waals surface area contributed by atoms with E-state index in [9.17, 15) is 22.4 Å². The second-order valence-electron chi connectivity index (χ2n) is 8.09. The number of hydrogen-bond donors (Lipinski definition) is 1. The molecule has 0 aliphatic carbocycles. The molecular formula is C23H23ClF4N4O2S. The van der Waals surface area contributed by atoms with Gasteiger partial charge in [0.2, 0.25) is 5.91 Å². The van der Waals surface area contributed by atoms with Crippen molar-refractivity contribution in [2.75, 3.05) is 11.1 Å². The smallest absolute Gasteiger partial charge is 0.416 e. The number of benzene rings is 2. The zero-order valence-corrected chi connectivity index (χ0v) is 20.6. The van der Waals surface area contributed by atoms with Crippen LogP contribution < -0.4 is 10.1 Å². The van der Waals surface area contributed by atoms with Crippen LogP contribution in [-0.2, 0) is 17.5 Å². The predicted octanol–water partition coefficient (Wildman–Crippen LogP) is 6.62. The van der Waals surface area contributed by atoms with Crippen molar-refractivity contribution in [3.05, 3.63) is 64.7 Å². The number of halogens is 5. The van der Waals surface area contributed by atoms with Gasteiger partial charge in [0.25, 0.3) is 0 Å². The molecule has 3 aromatic rings. The molecule has 12 heteroatoms. The summed E-state index contributed by atoms with van der Waals surface area (Å²) in [6.45, 7) is 6.34. The van der Waals surface area contributed by atoms with Crippen LogP contribution in [0.25, 0.3) is 0 Å². The molecule has 0 saturated heterocycles. The first-order valence-electron chi connectivity index (χ1n) is 10.6. The molecule has 0 fully saturated rings. The molecule has 3 rings (SSSR count). The van der Waals surface area contributed by atoms with E-state index >= 15 is 0 Å². The Kier molecular flexibility index (Phi) is 8.65. The number of nitrogens with one attached hydrogen (secondary N) is 1. The molecule has 1 N–H and O–H groups in total. The first kappa shape index (κ1) is 26.8. The van der Waals surface area contributed by atoms with E-state index < -0.39 is 23.8 Å². The predicted molar refractivity (Wildman–Crippen MR) is 126 cm³/mol. The molecule has 0 aliphatic rings. The van der Waals surface area contributed by atoms with Crippen molar-refractivity contribution < 1.29 is 27.1 Å². The number of thioether (sulfide) groups is 1. The Morgan fingerprint density at radius 3 is 2.46 bits per heavy atom. The van der Waals surface area contributed by atoms with Gasteiger partial charge >= 0.3 is 6.18 Å². The summed E-state index contributed by atoms with van der Waals surface area (Å²) < 4.78 is 59.8. The average Bonchev–Trinajstić information content (AvgIpc) is 3.16. The van der Waals surface area contributed by atoms with Gasteiger partial charge < -0.3 is 14.6 Å². The van der Waals surface area contributed by atoms with Gasteiger partial charge in [-0.15, -0.1) is 10.2 Å². The first-order chi connectivity index (χ1) is 16.4. The molecule has 188 valence electrons. The number of carbonyl (C=O) groups excluding carboxylic acids is 1. The van der Waals surface area contributed by atoms with Gasteiger partial charge in [-0.2, -0.15) is 13.2 Å². The summed E-state index contributed by atoms with van der Waals surface area (Å²) in [5.74, 6) is 0.149. The maximum Gasteiger partial charge on any atom is 0.416 e. The largest absolute Gasteiger partial charge is 0.483 e. The van der Waals surface area contributed by atoms with Gasteiger partial charge in [0, 0.05) is 6.54 Å². The van der Waals surface area contributed by atoms with Crippen LogP contribution in [-0.4, -0.2) is 26.4 Å². The number of alkyl halides is 3. The van der Waals surface area contributed by atoms with E-state index in [1.54, 1.807) is 6.92 Å². The fourth-order valence-electron chi connectivity index (χ4n) is 3.13. The van der Waals surface area contributed by atoms with Crippen molar-refractivity contribution >= 4 is 35.0 Å². The molecule has 35 heavy (non-hydrogen) atoms. The summed E-state index contributed by atoms with van der Waals surface area (Å²) in [4.78, 5) is 12.5. The van der Waals surface area contributed by atoms with Crippen LogP contribution >= 0.6 is 23.4 Å². The molecule has 1 heterocycles. The Morgan fingerprint density at radius 1 is 1.14 bits per heavy atom. The third-order valence-electron chi connectivity index (χ3n) is 4.68. The van der Waals surface area contributed by atoms with Gasteiger partial charge in [-0.3, -0.25) is 4.79 Å². The summed E-state index contributed by atoms with van der Waals surface area (Å²) in [6.07, 6.45) is -5.08. The van der Waals surface area contributed by atoms with Crippen LogP contribution in [0.4, 0.5) is 23.2 Å². The Bertz CT molecular complexity index is 1170. The van der Waals surface area contributed by atoms with Gasteiger partial charge in [-0.25, -0.2) is 4.39 Å². The molecule has 0 radical (unpaired) electrons. The van der Waals surface area contributed by atoms with Crippen molar-refractivity contribution in [1.29, 1.82) is 0 Å². The first-order valence-corrected chi connectivity index (χ1v) is 11.9. The van der Waals surface area contributed by atoms with E-state index in [0.717, 1.165) is 30.0 Å². The molecule has 2 aromatic carbocycles. The molecule has 0 bridgehead atoms. The monoisotopic (exact) mass is 530 g/mol. The van der Waals surface area contributed by atoms with Gasteiger partial charge in [-0.1, -0.05) is 37.2 Å². The normalized spacial score (nSPS) is 12.6. The van der Waals surface area contributed by atoms with Gasteiger partial charge in [0.15, 0.2) is 17.1 Å². The van der Waals surface area contributed by atoms with Crippen LogP contribution in [0.15, 0.2) is 47.6 Å². The lowest BCUT2D eigenvalue weighted by molar-refractivity contribution is -0.137. The number of aromatic nitrogens is 3. The van der Waals surface area contributed by atoms with E-state index in [0.29, 0.717) is 23.3 Å². The van der Waals surface area contributed by atoms with Crippen LogP contribution in [0.1, 0.15) is 38.3 Å². The van der Waals surface area contributed by atoms with E-state index in [4.69, 9.17) is 16.3 Å². The Balaban J connectivity index is 1.71. The molecule has 0 saturated carbocycles. The lowest BCUT2D eigenvalue weighted by Crippen LogP contribution is -2.17. The van der Waals surface area contributed by atoms with Gasteiger partial charge in [0.1, 0.15) is 11.6 Å². The average molecular weight is 531 g/mol. The second kappa shape index (κ2) is 11.3. The summed E-state index contributed by atoms with van der Waals surface area (Å²) >= 11 is 7.04. The van der Waals surface area contributed by atoms with Crippen molar-refractivity contribution in [1.82, 2.24) is 14.8 Å². The SMILES string of the molecule is CC(C)Cn1c(SCC(=O)Nc2cc(C(F)(F)F)ccc2Cl)nnc1C(C)Oc1ccc(F)cc1. The second-order valence-corrected chi connectivity index (χ2v) is 9.44. The highest BCUT2D eigenvalue weighted by Crippen LogP contribution is 2.34. The van der Waals surface area contributed by atoms with Gasteiger partial charge in [-0.05, 0) is 55.3 Å². The standard InChI is InChI=1S/C23H23ClF4N4O2S/c1-13(2)11-32-21(14(3)34-17-7-5-16(25)6-8-17)30-31-22(32)35-12-20(33)29-19-10-15(23(26,27)28)4-9-18(19)24/h4-10,13-14H,11-12H2,1-3H3,(H,29,33). The number of nitrogens with zero attached hydrogens (tertiary/aromatic N) is 3. The van der Waals surface area contributed by atoms with Crippen LogP contribution in [0.5, 0.6) is 5.75 Å². The summed E-state index contributed by atoms with van der Waals surface area (Å²) in [6, 6.07) is 8.31. The van der Waals surface area contributed by atoms with Crippen molar-refractivity contribution in [2.45, 2.75) is 44.8 Å². The summed E-state index contributed by atoms with van der Waals surface area (Å²) in [7, 11) is 0. The maximum atomic E-state index is 13.2. The minimum absolute atomic E-state index is 0.00613. The molecule has 6 nitrogen and oxygen atoms in total. The number of carbonyl (C=O) groups is 1. The summed E-state index contributed by atoms with van der Waals surface area (Å²) in [5, 5.41) is 11.2. The molecule has 1 aromatic heterocycles. The molecule has 1 atom stereocenters. The van der Waals surface area contributed by atoms with E-state index in [-0.39, 0.29) is 28.2 Å². The van der Waals surface area contributed by atoms with Crippen LogP contribution in [0.2, 0.25) is 5.02 Å². The highest BCUT2D eigenvalue weighted by molar-refractivity contribution is 7.99. The Hall–Kier alpha value is -2.79. The van der Waals surface area contributed by atoms with Gasteiger partial charge in [0.05, 0.1) is 22.0 Å². The minimum Gasteiger partial charge on any atom is -0.483 e.